The Morgan fingerprint density at radius 1 is 1.45 bits per heavy atom. The molecule has 0 aliphatic carbocycles. The topological polar surface area (TPSA) is 98.7 Å². The number of nitrogens with two attached hydrogens (primary N) is 2. The number of rotatable bonds is 2. The van der Waals surface area contributed by atoms with Crippen molar-refractivity contribution < 1.29 is 18.7 Å². The van der Waals surface area contributed by atoms with E-state index in [0.717, 1.165) is 6.07 Å². The molecule has 0 saturated carbocycles. The highest BCUT2D eigenvalue weighted by molar-refractivity contribution is 9.10. The summed E-state index contributed by atoms with van der Waals surface area (Å²) < 4.78 is 18.7. The minimum atomic E-state index is -0.838. The maximum atomic E-state index is 13.3. The summed E-state index contributed by atoms with van der Waals surface area (Å²) in [4.78, 5) is 25.1. The van der Waals surface area contributed by atoms with Crippen molar-refractivity contribution in [2.24, 2.45) is 5.73 Å². The highest BCUT2D eigenvalue weighted by atomic mass is 79.9. The van der Waals surface area contributed by atoms with Gasteiger partial charge in [-0.25, -0.2) is 4.39 Å². The molecule has 6 nitrogen and oxygen atoms in total. The van der Waals surface area contributed by atoms with Crippen molar-refractivity contribution in [3.63, 3.8) is 0 Å². The van der Waals surface area contributed by atoms with Gasteiger partial charge in [-0.2, -0.15) is 0 Å². The Balaban J connectivity index is 2.34. The van der Waals surface area contributed by atoms with Gasteiger partial charge in [0.2, 0.25) is 5.91 Å². The Morgan fingerprint density at radius 2 is 2.15 bits per heavy atom. The molecule has 1 unspecified atom stereocenters. The third-order valence-corrected chi connectivity index (χ3v) is 3.69. The number of hydrogen-bond acceptors (Lipinski definition) is 4. The van der Waals surface area contributed by atoms with Crippen LogP contribution in [0.1, 0.15) is 10.4 Å². The van der Waals surface area contributed by atoms with E-state index < -0.39 is 23.7 Å². The third-order valence-electron chi connectivity index (χ3n) is 3.03. The van der Waals surface area contributed by atoms with Gasteiger partial charge in [0.15, 0.2) is 0 Å². The summed E-state index contributed by atoms with van der Waals surface area (Å²) >= 11 is 3.11. The van der Waals surface area contributed by atoms with Crippen LogP contribution in [0.3, 0.4) is 0 Å². The second-order valence-corrected chi connectivity index (χ2v) is 5.20. The number of halogens is 2. The predicted molar refractivity (Wildman–Crippen MR) is 73.4 cm³/mol. The minimum Gasteiger partial charge on any atom is -0.396 e. The number of hydrogen-bond donors (Lipinski definition) is 2. The fourth-order valence-electron chi connectivity index (χ4n) is 1.97. The lowest BCUT2D eigenvalue weighted by Crippen LogP contribution is -2.54. The van der Waals surface area contributed by atoms with Crippen LogP contribution in [0.5, 0.6) is 0 Å². The van der Waals surface area contributed by atoms with E-state index in [1.54, 1.807) is 0 Å². The van der Waals surface area contributed by atoms with Crippen LogP contribution in [0.15, 0.2) is 16.6 Å². The molecule has 1 atom stereocenters. The summed E-state index contributed by atoms with van der Waals surface area (Å²) in [6, 6.07) is 1.51. The number of benzene rings is 1. The average molecular weight is 346 g/mol. The van der Waals surface area contributed by atoms with Crippen LogP contribution in [-0.4, -0.2) is 42.5 Å². The molecule has 4 N–H and O–H groups in total. The second kappa shape index (κ2) is 5.76. The van der Waals surface area contributed by atoms with Crippen LogP contribution >= 0.6 is 15.9 Å². The van der Waals surface area contributed by atoms with E-state index in [2.05, 4.69) is 15.9 Å². The zero-order chi connectivity index (χ0) is 14.9. The van der Waals surface area contributed by atoms with Crippen LogP contribution in [-0.2, 0) is 9.53 Å². The standard InChI is InChI=1S/C12H13BrFN3O3/c13-7-4-8(14)9(15)3-6(7)12(19)17-1-2-20-5-10(17)11(16)18/h3-4,10H,1-2,5,15H2,(H2,16,18). The molecule has 0 bridgehead atoms. The molecular weight excluding hydrogens is 333 g/mol. The molecule has 8 heteroatoms. The van der Waals surface area contributed by atoms with E-state index in [9.17, 15) is 14.0 Å². The molecule has 20 heavy (non-hydrogen) atoms. The quantitative estimate of drug-likeness (QED) is 0.762. The number of morpholine rings is 1. The van der Waals surface area contributed by atoms with E-state index >= 15 is 0 Å². The van der Waals surface area contributed by atoms with Crippen molar-refractivity contribution in [1.29, 1.82) is 0 Å². The molecule has 108 valence electrons. The number of nitrogen functional groups attached to an aromatic ring is 1. The highest BCUT2D eigenvalue weighted by Gasteiger charge is 2.32. The Kier molecular flexibility index (Phi) is 4.24. The fraction of sp³-hybridized carbons (Fsp3) is 0.333. The molecule has 0 radical (unpaired) electrons. The number of ether oxygens (including phenoxy) is 1. The van der Waals surface area contributed by atoms with E-state index in [1.807, 2.05) is 0 Å². The van der Waals surface area contributed by atoms with Crippen molar-refractivity contribution >= 4 is 33.4 Å². The van der Waals surface area contributed by atoms with Crippen molar-refractivity contribution in [2.75, 3.05) is 25.5 Å². The largest absolute Gasteiger partial charge is 0.396 e. The van der Waals surface area contributed by atoms with E-state index in [-0.39, 0.29) is 28.9 Å². The van der Waals surface area contributed by atoms with Gasteiger partial charge in [-0.3, -0.25) is 9.59 Å². The SMILES string of the molecule is NC(=O)C1COCCN1C(=O)c1cc(N)c(F)cc1Br. The second-order valence-electron chi connectivity index (χ2n) is 4.35. The first-order valence-corrected chi connectivity index (χ1v) is 6.63. The first-order chi connectivity index (χ1) is 9.41. The zero-order valence-corrected chi connectivity index (χ0v) is 12.0. The number of carbonyl (C=O) groups is 2. The molecule has 1 aromatic rings. The lowest BCUT2D eigenvalue weighted by atomic mass is 10.1. The maximum absolute atomic E-state index is 13.3. The van der Waals surface area contributed by atoms with Crippen LogP contribution in [0, 0.1) is 5.82 Å². The van der Waals surface area contributed by atoms with Gasteiger partial charge in [-0.1, -0.05) is 0 Å². The lowest BCUT2D eigenvalue weighted by Gasteiger charge is -2.33. The Morgan fingerprint density at radius 3 is 2.80 bits per heavy atom. The zero-order valence-electron chi connectivity index (χ0n) is 10.4. The number of primary amides is 1. The van der Waals surface area contributed by atoms with Gasteiger partial charge in [0, 0.05) is 11.0 Å². The monoisotopic (exact) mass is 345 g/mol. The van der Waals surface area contributed by atoms with Gasteiger partial charge in [-0.05, 0) is 28.1 Å². The minimum absolute atomic E-state index is 0.0510. The van der Waals surface area contributed by atoms with Gasteiger partial charge < -0.3 is 21.1 Å². The van der Waals surface area contributed by atoms with Gasteiger partial charge in [-0.15, -0.1) is 0 Å². The fourth-order valence-corrected chi connectivity index (χ4v) is 2.45. The van der Waals surface area contributed by atoms with Crippen molar-refractivity contribution in [3.05, 3.63) is 28.0 Å². The van der Waals surface area contributed by atoms with Crippen molar-refractivity contribution in [1.82, 2.24) is 4.90 Å². The summed E-state index contributed by atoms with van der Waals surface area (Å²) in [5.41, 5.74) is 10.8. The number of anilines is 1. The molecule has 1 aliphatic rings. The molecule has 1 heterocycles. The number of nitrogens with zero attached hydrogens (tertiary/aromatic N) is 1. The lowest BCUT2D eigenvalue weighted by molar-refractivity contribution is -0.127. The molecule has 1 saturated heterocycles. The molecule has 0 aromatic heterocycles. The smallest absolute Gasteiger partial charge is 0.255 e. The first-order valence-electron chi connectivity index (χ1n) is 5.84. The number of carbonyl (C=O) groups excluding carboxylic acids is 2. The summed E-state index contributed by atoms with van der Waals surface area (Å²) in [7, 11) is 0. The number of amides is 2. The first kappa shape index (κ1) is 14.7. The molecule has 0 spiro atoms. The molecule has 1 fully saturated rings. The maximum Gasteiger partial charge on any atom is 0.255 e. The van der Waals surface area contributed by atoms with Crippen molar-refractivity contribution in [2.45, 2.75) is 6.04 Å². The Labute approximate surface area is 123 Å². The van der Waals surface area contributed by atoms with Crippen LogP contribution < -0.4 is 11.5 Å². The molecule has 1 aliphatic heterocycles. The van der Waals surface area contributed by atoms with E-state index in [4.69, 9.17) is 16.2 Å². The molecule has 1 aromatic carbocycles. The van der Waals surface area contributed by atoms with Crippen LogP contribution in [0.4, 0.5) is 10.1 Å². The molecule has 2 amide bonds. The van der Waals surface area contributed by atoms with Crippen LogP contribution in [0.25, 0.3) is 0 Å². The van der Waals surface area contributed by atoms with Gasteiger partial charge in [0.1, 0.15) is 11.9 Å². The molecule has 2 rings (SSSR count). The van der Waals surface area contributed by atoms with Gasteiger partial charge in [0.25, 0.3) is 5.91 Å². The van der Waals surface area contributed by atoms with Gasteiger partial charge >= 0.3 is 0 Å². The third kappa shape index (κ3) is 2.75. The highest BCUT2D eigenvalue weighted by Crippen LogP contribution is 2.25. The summed E-state index contributed by atoms with van der Waals surface area (Å²) in [5, 5.41) is 0. The van der Waals surface area contributed by atoms with Crippen molar-refractivity contribution in [3.8, 4) is 0 Å². The van der Waals surface area contributed by atoms with Crippen LogP contribution in [0.2, 0.25) is 0 Å². The van der Waals surface area contributed by atoms with E-state index in [1.165, 1.54) is 11.0 Å². The normalized spacial score (nSPS) is 18.9. The average Bonchev–Trinajstić information content (AvgIpc) is 2.42. The van der Waals surface area contributed by atoms with E-state index in [0.29, 0.717) is 6.61 Å². The Hall–Kier alpha value is -1.67. The predicted octanol–water partition coefficient (Wildman–Crippen LogP) is 0.497. The van der Waals surface area contributed by atoms with Gasteiger partial charge in [0.05, 0.1) is 24.5 Å². The summed E-state index contributed by atoms with van der Waals surface area (Å²) in [5.74, 6) is -1.72. The Bertz CT molecular complexity index is 567. The summed E-state index contributed by atoms with van der Waals surface area (Å²) in [6.07, 6.45) is 0. The summed E-state index contributed by atoms with van der Waals surface area (Å²) in [6.45, 7) is 0.593. The molecular formula is C12H13BrFN3O3.